The van der Waals surface area contributed by atoms with Crippen molar-refractivity contribution in [3.63, 3.8) is 0 Å². The molecule has 2 aromatic carbocycles. The summed E-state index contributed by atoms with van der Waals surface area (Å²) in [5.74, 6) is 0.694. The zero-order valence-corrected chi connectivity index (χ0v) is 14.4. The van der Waals surface area contributed by atoms with Crippen LogP contribution < -0.4 is 0 Å². The average Bonchev–Trinajstić information content (AvgIpc) is 2.59. The Morgan fingerprint density at radius 2 is 1.39 bits per heavy atom. The summed E-state index contributed by atoms with van der Waals surface area (Å²) in [7, 11) is 0. The molecule has 0 N–H and O–H groups in total. The lowest BCUT2D eigenvalue weighted by Crippen LogP contribution is -2.35. The van der Waals surface area contributed by atoms with Crippen molar-refractivity contribution >= 4 is 5.78 Å². The van der Waals surface area contributed by atoms with Crippen molar-refractivity contribution < 1.29 is 4.79 Å². The molecule has 2 rings (SSSR count). The van der Waals surface area contributed by atoms with Crippen molar-refractivity contribution in [1.82, 2.24) is 4.90 Å². The molecule has 0 aliphatic carbocycles. The SMILES string of the molecule is CCN(CC(=O)C(C)C)CC(c1ccccc1)c1ccccc1. The van der Waals surface area contributed by atoms with Crippen LogP contribution in [0.15, 0.2) is 60.7 Å². The number of Topliss-reactive ketones (excluding diaryl/α,β-unsaturated/α-hetero) is 1. The van der Waals surface area contributed by atoms with Gasteiger partial charge in [0.25, 0.3) is 0 Å². The fourth-order valence-electron chi connectivity index (χ4n) is 2.74. The first kappa shape index (κ1) is 17.4. The van der Waals surface area contributed by atoms with Gasteiger partial charge in [-0.15, -0.1) is 0 Å². The van der Waals surface area contributed by atoms with Gasteiger partial charge in [0.05, 0.1) is 6.54 Å². The Morgan fingerprint density at radius 3 is 1.78 bits per heavy atom. The molecule has 0 fully saturated rings. The largest absolute Gasteiger partial charge is 0.298 e. The molecule has 0 unspecified atom stereocenters. The van der Waals surface area contributed by atoms with Crippen LogP contribution in [0, 0.1) is 5.92 Å². The molecule has 0 atom stereocenters. The van der Waals surface area contributed by atoms with E-state index in [-0.39, 0.29) is 11.8 Å². The molecule has 0 aliphatic rings. The van der Waals surface area contributed by atoms with Gasteiger partial charge >= 0.3 is 0 Å². The number of carbonyl (C=O) groups excluding carboxylic acids is 1. The average molecular weight is 309 g/mol. The lowest BCUT2D eigenvalue weighted by molar-refractivity contribution is -0.123. The number of nitrogens with zero attached hydrogens (tertiary/aromatic N) is 1. The number of hydrogen-bond donors (Lipinski definition) is 0. The molecule has 0 bridgehead atoms. The van der Waals surface area contributed by atoms with Crippen LogP contribution in [-0.2, 0) is 4.79 Å². The molecule has 122 valence electrons. The summed E-state index contributed by atoms with van der Waals surface area (Å²) >= 11 is 0. The van der Waals surface area contributed by atoms with E-state index in [0.717, 1.165) is 13.1 Å². The number of carbonyl (C=O) groups is 1. The minimum Gasteiger partial charge on any atom is -0.298 e. The number of rotatable bonds is 8. The molecule has 23 heavy (non-hydrogen) atoms. The minimum absolute atomic E-state index is 0.0935. The molecule has 2 aromatic rings. The fourth-order valence-corrected chi connectivity index (χ4v) is 2.74. The van der Waals surface area contributed by atoms with E-state index in [1.807, 2.05) is 26.0 Å². The van der Waals surface area contributed by atoms with Crippen LogP contribution in [0.3, 0.4) is 0 Å². The topological polar surface area (TPSA) is 20.3 Å². The van der Waals surface area contributed by atoms with Gasteiger partial charge in [-0.2, -0.15) is 0 Å². The normalized spacial score (nSPS) is 11.4. The number of ketones is 1. The highest BCUT2D eigenvalue weighted by atomic mass is 16.1. The van der Waals surface area contributed by atoms with Crippen LogP contribution in [0.4, 0.5) is 0 Å². The standard InChI is InChI=1S/C21H27NO/c1-4-22(16-21(23)17(2)3)15-20(18-11-7-5-8-12-18)19-13-9-6-10-14-19/h5-14,17,20H,4,15-16H2,1-3H3. The summed E-state index contributed by atoms with van der Waals surface area (Å²) in [6.45, 7) is 8.35. The summed E-state index contributed by atoms with van der Waals surface area (Å²) in [4.78, 5) is 14.4. The van der Waals surface area contributed by atoms with E-state index in [2.05, 4.69) is 60.4 Å². The maximum atomic E-state index is 12.1. The Kier molecular flexibility index (Phi) is 6.54. The molecular weight excluding hydrogens is 282 g/mol. The van der Waals surface area contributed by atoms with Gasteiger partial charge in [-0.05, 0) is 17.7 Å². The highest BCUT2D eigenvalue weighted by molar-refractivity contribution is 5.82. The van der Waals surface area contributed by atoms with Gasteiger partial charge in [-0.25, -0.2) is 0 Å². The first-order valence-electron chi connectivity index (χ1n) is 8.46. The third kappa shape index (κ3) is 5.04. The second kappa shape index (κ2) is 8.64. The zero-order chi connectivity index (χ0) is 16.7. The fraction of sp³-hybridized carbons (Fsp3) is 0.381. The Hall–Kier alpha value is -1.93. The number of likely N-dealkylation sites (N-methyl/N-ethyl adjacent to an activating group) is 1. The Balaban J connectivity index is 2.22. The molecule has 0 amide bonds. The second-order valence-electron chi connectivity index (χ2n) is 6.32. The molecule has 0 aliphatic heterocycles. The van der Waals surface area contributed by atoms with Gasteiger partial charge in [0, 0.05) is 18.4 Å². The van der Waals surface area contributed by atoms with Crippen LogP contribution in [0.5, 0.6) is 0 Å². The van der Waals surface area contributed by atoms with Crippen molar-refractivity contribution in [1.29, 1.82) is 0 Å². The molecule has 2 heteroatoms. The minimum atomic E-state index is 0.0935. The predicted octanol–water partition coefficient (Wildman–Crippen LogP) is 4.37. The van der Waals surface area contributed by atoms with Gasteiger partial charge in [0.15, 0.2) is 0 Å². The monoisotopic (exact) mass is 309 g/mol. The summed E-state index contributed by atoms with van der Waals surface area (Å²) in [6.07, 6.45) is 0. The van der Waals surface area contributed by atoms with E-state index >= 15 is 0 Å². The van der Waals surface area contributed by atoms with Gasteiger partial charge in [-0.1, -0.05) is 81.4 Å². The van der Waals surface area contributed by atoms with E-state index < -0.39 is 0 Å². The third-order valence-electron chi connectivity index (χ3n) is 4.32. The smallest absolute Gasteiger partial charge is 0.149 e. The van der Waals surface area contributed by atoms with Gasteiger partial charge in [0.2, 0.25) is 0 Å². The van der Waals surface area contributed by atoms with Crippen molar-refractivity contribution in [3.8, 4) is 0 Å². The molecule has 0 radical (unpaired) electrons. The summed E-state index contributed by atoms with van der Waals surface area (Å²) in [5.41, 5.74) is 2.60. The maximum Gasteiger partial charge on any atom is 0.149 e. The lowest BCUT2D eigenvalue weighted by Gasteiger charge is -2.27. The van der Waals surface area contributed by atoms with Crippen LogP contribution in [-0.4, -0.2) is 30.3 Å². The van der Waals surface area contributed by atoms with Crippen molar-refractivity contribution in [2.75, 3.05) is 19.6 Å². The highest BCUT2D eigenvalue weighted by Gasteiger charge is 2.19. The van der Waals surface area contributed by atoms with Crippen LogP contribution in [0.1, 0.15) is 37.8 Å². The third-order valence-corrected chi connectivity index (χ3v) is 4.32. The molecule has 0 spiro atoms. The van der Waals surface area contributed by atoms with Crippen molar-refractivity contribution in [2.24, 2.45) is 5.92 Å². The first-order chi connectivity index (χ1) is 11.1. The van der Waals surface area contributed by atoms with Crippen LogP contribution >= 0.6 is 0 Å². The number of benzene rings is 2. The molecule has 0 saturated heterocycles. The molecule has 2 nitrogen and oxygen atoms in total. The predicted molar refractivity (Wildman–Crippen MR) is 96.7 cm³/mol. The lowest BCUT2D eigenvalue weighted by atomic mass is 9.90. The second-order valence-corrected chi connectivity index (χ2v) is 6.32. The maximum absolute atomic E-state index is 12.1. The molecule has 0 heterocycles. The Labute approximate surface area is 140 Å². The van der Waals surface area contributed by atoms with Crippen LogP contribution in [0.2, 0.25) is 0 Å². The Morgan fingerprint density at radius 1 is 0.913 bits per heavy atom. The first-order valence-corrected chi connectivity index (χ1v) is 8.46. The van der Waals surface area contributed by atoms with Crippen molar-refractivity contribution in [3.05, 3.63) is 71.8 Å². The Bertz CT molecular complexity index is 552. The van der Waals surface area contributed by atoms with E-state index in [9.17, 15) is 4.79 Å². The van der Waals surface area contributed by atoms with Crippen molar-refractivity contribution in [2.45, 2.75) is 26.7 Å². The zero-order valence-electron chi connectivity index (χ0n) is 14.4. The van der Waals surface area contributed by atoms with E-state index in [1.165, 1.54) is 11.1 Å². The quantitative estimate of drug-likeness (QED) is 0.722. The van der Waals surface area contributed by atoms with E-state index in [4.69, 9.17) is 0 Å². The highest BCUT2D eigenvalue weighted by Crippen LogP contribution is 2.25. The molecule has 0 saturated carbocycles. The molecule has 0 aromatic heterocycles. The van der Waals surface area contributed by atoms with E-state index in [0.29, 0.717) is 12.3 Å². The summed E-state index contributed by atoms with van der Waals surface area (Å²) < 4.78 is 0. The van der Waals surface area contributed by atoms with E-state index in [1.54, 1.807) is 0 Å². The van der Waals surface area contributed by atoms with Crippen LogP contribution in [0.25, 0.3) is 0 Å². The summed E-state index contributed by atoms with van der Waals surface area (Å²) in [5, 5.41) is 0. The van der Waals surface area contributed by atoms with Gasteiger partial charge in [0.1, 0.15) is 5.78 Å². The molecular formula is C21H27NO. The van der Waals surface area contributed by atoms with Gasteiger partial charge in [-0.3, -0.25) is 9.69 Å². The number of hydrogen-bond acceptors (Lipinski definition) is 2. The summed E-state index contributed by atoms with van der Waals surface area (Å²) in [6, 6.07) is 21.1. The van der Waals surface area contributed by atoms with Gasteiger partial charge < -0.3 is 0 Å².